The van der Waals surface area contributed by atoms with Gasteiger partial charge in [-0.2, -0.15) is 0 Å². The molecule has 5 nitrogen and oxygen atoms in total. The van der Waals surface area contributed by atoms with E-state index in [4.69, 9.17) is 5.73 Å². The number of piperazine rings is 1. The molecular formula is C15H21N3O2. The number of likely N-dealkylation sites (N-methyl/N-ethyl adjacent to an activating group) is 1. The maximum Gasteiger partial charge on any atom is 0.242 e. The van der Waals surface area contributed by atoms with E-state index in [-0.39, 0.29) is 24.9 Å². The number of carbonyl (C=O) groups is 2. The lowest BCUT2D eigenvalue weighted by atomic mass is 10.0. The minimum absolute atomic E-state index is 0.00810. The Morgan fingerprint density at radius 3 is 2.40 bits per heavy atom. The van der Waals surface area contributed by atoms with Gasteiger partial charge < -0.3 is 15.5 Å². The van der Waals surface area contributed by atoms with E-state index in [9.17, 15) is 9.59 Å². The quantitative estimate of drug-likeness (QED) is 0.877. The Morgan fingerprint density at radius 1 is 1.15 bits per heavy atom. The van der Waals surface area contributed by atoms with E-state index in [1.165, 1.54) is 0 Å². The summed E-state index contributed by atoms with van der Waals surface area (Å²) in [7, 11) is 0. The molecule has 1 aromatic carbocycles. The first kappa shape index (κ1) is 14.5. The fraction of sp³-hybridized carbons (Fsp3) is 0.467. The fourth-order valence-electron chi connectivity index (χ4n) is 2.40. The van der Waals surface area contributed by atoms with E-state index >= 15 is 0 Å². The van der Waals surface area contributed by atoms with Crippen molar-refractivity contribution in [2.24, 2.45) is 5.73 Å². The highest BCUT2D eigenvalue weighted by atomic mass is 16.2. The molecule has 0 aromatic heterocycles. The predicted octanol–water partition coefficient (Wildman–Crippen LogP) is 0.644. The molecule has 1 aromatic rings. The van der Waals surface area contributed by atoms with Crippen molar-refractivity contribution < 1.29 is 9.59 Å². The van der Waals surface area contributed by atoms with Gasteiger partial charge in [-0.15, -0.1) is 0 Å². The molecule has 1 heterocycles. The molecule has 0 bridgehead atoms. The molecule has 1 fully saturated rings. The normalized spacial score (nSPS) is 15.9. The Labute approximate surface area is 119 Å². The number of rotatable bonds is 4. The number of aryl methyl sites for hydroxylation is 1. The van der Waals surface area contributed by atoms with Gasteiger partial charge in [0.05, 0.1) is 6.54 Å². The highest BCUT2D eigenvalue weighted by Gasteiger charge is 2.28. The van der Waals surface area contributed by atoms with E-state index < -0.39 is 0 Å². The van der Waals surface area contributed by atoms with Crippen LogP contribution < -0.4 is 5.73 Å². The Kier molecular flexibility index (Phi) is 4.39. The van der Waals surface area contributed by atoms with Crippen LogP contribution in [0.25, 0.3) is 0 Å². The van der Waals surface area contributed by atoms with Crippen LogP contribution in [0.4, 0.5) is 0 Å². The molecule has 0 aliphatic carbocycles. The number of benzene rings is 1. The Balaban J connectivity index is 2.10. The molecule has 5 heteroatoms. The van der Waals surface area contributed by atoms with Gasteiger partial charge in [0, 0.05) is 19.6 Å². The van der Waals surface area contributed by atoms with Gasteiger partial charge in [-0.3, -0.25) is 9.59 Å². The number of hydrogen-bond donors (Lipinski definition) is 1. The van der Waals surface area contributed by atoms with Gasteiger partial charge in [0.2, 0.25) is 11.8 Å². The van der Waals surface area contributed by atoms with Crippen molar-refractivity contribution in [3.63, 3.8) is 0 Å². The number of amides is 2. The summed E-state index contributed by atoms with van der Waals surface area (Å²) < 4.78 is 0. The summed E-state index contributed by atoms with van der Waals surface area (Å²) in [5, 5.41) is 0. The van der Waals surface area contributed by atoms with Gasteiger partial charge in [-0.25, -0.2) is 0 Å². The largest absolute Gasteiger partial charge is 0.332 e. The molecule has 0 atom stereocenters. The Bertz CT molecular complexity index is 528. The van der Waals surface area contributed by atoms with Crippen LogP contribution in [-0.2, 0) is 22.7 Å². The predicted molar refractivity (Wildman–Crippen MR) is 76.7 cm³/mol. The summed E-state index contributed by atoms with van der Waals surface area (Å²) >= 11 is 0. The minimum atomic E-state index is 0.00810. The van der Waals surface area contributed by atoms with Crippen molar-refractivity contribution >= 4 is 11.8 Å². The van der Waals surface area contributed by atoms with Crippen molar-refractivity contribution in [3.8, 4) is 0 Å². The van der Waals surface area contributed by atoms with Crippen LogP contribution in [-0.4, -0.2) is 41.2 Å². The summed E-state index contributed by atoms with van der Waals surface area (Å²) in [6.07, 6.45) is 0. The highest BCUT2D eigenvalue weighted by Crippen LogP contribution is 2.15. The first-order chi connectivity index (χ1) is 9.55. The van der Waals surface area contributed by atoms with Crippen LogP contribution in [0, 0.1) is 6.92 Å². The van der Waals surface area contributed by atoms with Gasteiger partial charge in [-0.1, -0.05) is 18.2 Å². The second-order valence-corrected chi connectivity index (χ2v) is 5.12. The lowest BCUT2D eigenvalue weighted by Gasteiger charge is -2.33. The highest BCUT2D eigenvalue weighted by molar-refractivity contribution is 5.92. The second-order valence-electron chi connectivity index (χ2n) is 5.12. The van der Waals surface area contributed by atoms with Crippen LogP contribution in [0.3, 0.4) is 0 Å². The van der Waals surface area contributed by atoms with Crippen LogP contribution in [0.15, 0.2) is 18.2 Å². The van der Waals surface area contributed by atoms with E-state index in [0.29, 0.717) is 19.6 Å². The third-order valence-corrected chi connectivity index (χ3v) is 3.74. The number of hydrogen-bond acceptors (Lipinski definition) is 3. The zero-order valence-corrected chi connectivity index (χ0v) is 12.1. The summed E-state index contributed by atoms with van der Waals surface area (Å²) in [6, 6.07) is 5.99. The smallest absolute Gasteiger partial charge is 0.242 e. The van der Waals surface area contributed by atoms with Crippen LogP contribution in [0.5, 0.6) is 0 Å². The van der Waals surface area contributed by atoms with Gasteiger partial charge in [-0.05, 0) is 30.5 Å². The molecule has 2 amide bonds. The molecule has 108 valence electrons. The minimum Gasteiger partial charge on any atom is -0.332 e. The van der Waals surface area contributed by atoms with E-state index in [1.54, 1.807) is 9.80 Å². The Hall–Kier alpha value is -1.88. The van der Waals surface area contributed by atoms with E-state index in [0.717, 1.165) is 16.7 Å². The first-order valence-electron chi connectivity index (χ1n) is 6.89. The molecule has 0 unspecified atom stereocenters. The topological polar surface area (TPSA) is 66.6 Å². The van der Waals surface area contributed by atoms with Gasteiger partial charge in [0.1, 0.15) is 6.54 Å². The Morgan fingerprint density at radius 2 is 1.80 bits per heavy atom. The average Bonchev–Trinajstić information content (AvgIpc) is 2.44. The maximum absolute atomic E-state index is 12.1. The van der Waals surface area contributed by atoms with E-state index in [2.05, 4.69) is 0 Å². The molecule has 0 radical (unpaired) electrons. The third kappa shape index (κ3) is 2.99. The van der Waals surface area contributed by atoms with Crippen LogP contribution >= 0.6 is 0 Å². The first-order valence-corrected chi connectivity index (χ1v) is 6.89. The van der Waals surface area contributed by atoms with Crippen molar-refractivity contribution in [3.05, 3.63) is 34.9 Å². The van der Waals surface area contributed by atoms with Crippen LogP contribution in [0.2, 0.25) is 0 Å². The van der Waals surface area contributed by atoms with Gasteiger partial charge >= 0.3 is 0 Å². The number of nitrogens with two attached hydrogens (primary N) is 1. The molecule has 2 rings (SSSR count). The summed E-state index contributed by atoms with van der Waals surface area (Å²) in [5.41, 5.74) is 8.85. The lowest BCUT2D eigenvalue weighted by Crippen LogP contribution is -2.53. The van der Waals surface area contributed by atoms with Crippen LogP contribution in [0.1, 0.15) is 23.6 Å². The van der Waals surface area contributed by atoms with Gasteiger partial charge in [0.15, 0.2) is 0 Å². The summed E-state index contributed by atoms with van der Waals surface area (Å²) in [6.45, 7) is 5.83. The fourth-order valence-corrected chi connectivity index (χ4v) is 2.40. The molecule has 1 saturated heterocycles. The van der Waals surface area contributed by atoms with Crippen molar-refractivity contribution in [1.82, 2.24) is 9.80 Å². The summed E-state index contributed by atoms with van der Waals surface area (Å²) in [5.74, 6) is 0.0251. The second kappa shape index (κ2) is 6.05. The number of carbonyl (C=O) groups excluding carboxylic acids is 2. The van der Waals surface area contributed by atoms with Crippen molar-refractivity contribution in [2.45, 2.75) is 26.9 Å². The van der Waals surface area contributed by atoms with Gasteiger partial charge in [0.25, 0.3) is 0 Å². The maximum atomic E-state index is 12.1. The average molecular weight is 275 g/mol. The van der Waals surface area contributed by atoms with Crippen molar-refractivity contribution in [2.75, 3.05) is 19.6 Å². The van der Waals surface area contributed by atoms with E-state index in [1.807, 2.05) is 32.0 Å². The molecule has 2 N–H and O–H groups in total. The summed E-state index contributed by atoms with van der Waals surface area (Å²) in [4.78, 5) is 27.1. The zero-order chi connectivity index (χ0) is 14.7. The molecule has 1 aliphatic heterocycles. The van der Waals surface area contributed by atoms with Crippen molar-refractivity contribution in [1.29, 1.82) is 0 Å². The molecule has 20 heavy (non-hydrogen) atoms. The molecule has 0 saturated carbocycles. The third-order valence-electron chi connectivity index (χ3n) is 3.74. The molecule has 0 spiro atoms. The monoisotopic (exact) mass is 275 g/mol. The molecule has 1 aliphatic rings. The lowest BCUT2D eigenvalue weighted by molar-refractivity contribution is -0.150. The molecular weight excluding hydrogens is 254 g/mol. The SMILES string of the molecule is CCN1CC(=O)N(Cc2ccc(CN)cc2C)CC1=O. The number of nitrogens with zero attached hydrogens (tertiary/aromatic N) is 2. The zero-order valence-electron chi connectivity index (χ0n) is 12.1. The standard InChI is InChI=1S/C15H21N3O2/c1-3-17-9-15(20)18(10-14(17)19)8-13-5-4-12(7-16)6-11(13)2/h4-6H,3,7-10,16H2,1-2H3.